The first kappa shape index (κ1) is 17.1. The largest absolute Gasteiger partial charge is 0.479 e. The number of carbonyl (C=O) groups is 1. The van der Waals surface area contributed by atoms with E-state index in [1.54, 1.807) is 0 Å². The Morgan fingerprint density at radius 3 is 2.65 bits per heavy atom. The molecule has 1 aliphatic rings. The molecular weight excluding hydrogens is 326 g/mol. The normalized spacial score (nSPS) is 15.9. The lowest BCUT2D eigenvalue weighted by Gasteiger charge is -2.14. The third-order valence-electron chi connectivity index (χ3n) is 3.43. The third-order valence-corrected chi connectivity index (χ3v) is 4.80. The van der Waals surface area contributed by atoms with Crippen molar-refractivity contribution in [3.63, 3.8) is 0 Å². The molecule has 0 fully saturated rings. The van der Waals surface area contributed by atoms with Crippen LogP contribution in [0.5, 0.6) is 0 Å². The molecule has 1 aliphatic carbocycles. The molecule has 0 amide bonds. The van der Waals surface area contributed by atoms with Crippen LogP contribution in [0.3, 0.4) is 0 Å². The maximum absolute atomic E-state index is 12.2. The first-order valence-electron chi connectivity index (χ1n) is 6.88. The number of carboxylic acids is 1. The van der Waals surface area contributed by atoms with E-state index in [0.29, 0.717) is 6.42 Å². The second-order valence-electron chi connectivity index (χ2n) is 5.06. The van der Waals surface area contributed by atoms with E-state index < -0.39 is 37.7 Å². The van der Waals surface area contributed by atoms with Crippen molar-refractivity contribution >= 4 is 21.8 Å². The number of nitrogens with zero attached hydrogens (tertiary/aromatic N) is 1. The van der Waals surface area contributed by atoms with Crippen molar-refractivity contribution in [2.45, 2.75) is 36.7 Å². The second-order valence-corrected chi connectivity index (χ2v) is 6.60. The lowest BCUT2D eigenvalue weighted by Crippen LogP contribution is -2.28. The van der Waals surface area contributed by atoms with Gasteiger partial charge in [-0.3, -0.25) is 14.3 Å². The van der Waals surface area contributed by atoms with Gasteiger partial charge in [0.05, 0.1) is 4.92 Å². The molecule has 1 N–H and O–H groups in total. The topological polar surface area (TPSA) is 124 Å². The van der Waals surface area contributed by atoms with Gasteiger partial charge in [-0.2, -0.15) is 8.42 Å². The third kappa shape index (κ3) is 4.14. The number of aliphatic carboxylic acids is 1. The lowest BCUT2D eigenvalue weighted by molar-refractivity contribution is -0.387. The Kier molecular flexibility index (Phi) is 5.12. The molecular formula is C14H15NO7S. The number of carboxylic acid groups (broad SMARTS) is 1. The molecule has 0 aliphatic heterocycles. The van der Waals surface area contributed by atoms with Crippen molar-refractivity contribution in [2.75, 3.05) is 0 Å². The van der Waals surface area contributed by atoms with Crippen molar-refractivity contribution in [3.8, 4) is 0 Å². The first-order chi connectivity index (χ1) is 10.8. The highest BCUT2D eigenvalue weighted by Crippen LogP contribution is 2.28. The van der Waals surface area contributed by atoms with Gasteiger partial charge in [0.2, 0.25) is 0 Å². The number of nitro benzene ring substituents is 1. The zero-order valence-corrected chi connectivity index (χ0v) is 12.9. The average Bonchev–Trinajstić information content (AvgIpc) is 2.99. The minimum atomic E-state index is -4.57. The maximum Gasteiger partial charge on any atom is 0.334 e. The molecule has 0 unspecified atom stereocenters. The predicted molar refractivity (Wildman–Crippen MR) is 79.3 cm³/mol. The Balaban J connectivity index is 2.28. The fraction of sp³-hybridized carbons (Fsp3) is 0.357. The fourth-order valence-corrected chi connectivity index (χ4v) is 3.55. The SMILES string of the molecule is O=C(O)[C@@H](CC1=CCCC1)OS(=O)(=O)c1ccccc1[N+](=O)[O-]. The molecule has 23 heavy (non-hydrogen) atoms. The van der Waals surface area contributed by atoms with E-state index in [4.69, 9.17) is 4.18 Å². The number of hydrogen-bond acceptors (Lipinski definition) is 6. The van der Waals surface area contributed by atoms with Crippen LogP contribution in [0.15, 0.2) is 40.8 Å². The van der Waals surface area contributed by atoms with Crippen LogP contribution in [-0.2, 0) is 19.1 Å². The highest BCUT2D eigenvalue weighted by Gasteiger charge is 2.32. The average molecular weight is 341 g/mol. The van der Waals surface area contributed by atoms with Gasteiger partial charge in [0.1, 0.15) is 0 Å². The Morgan fingerprint density at radius 2 is 2.09 bits per heavy atom. The van der Waals surface area contributed by atoms with Crippen molar-refractivity contribution < 1.29 is 27.4 Å². The van der Waals surface area contributed by atoms with E-state index in [1.165, 1.54) is 12.1 Å². The Hall–Kier alpha value is -2.26. The Morgan fingerprint density at radius 1 is 1.39 bits per heavy atom. The van der Waals surface area contributed by atoms with Gasteiger partial charge < -0.3 is 5.11 Å². The van der Waals surface area contributed by atoms with Crippen LogP contribution in [0, 0.1) is 10.1 Å². The molecule has 8 nitrogen and oxygen atoms in total. The molecule has 0 bridgehead atoms. The molecule has 2 rings (SSSR count). The second kappa shape index (κ2) is 6.88. The van der Waals surface area contributed by atoms with E-state index in [0.717, 1.165) is 30.5 Å². The van der Waals surface area contributed by atoms with Gasteiger partial charge in [0, 0.05) is 12.5 Å². The highest BCUT2D eigenvalue weighted by atomic mass is 32.2. The molecule has 1 aromatic rings. The van der Waals surface area contributed by atoms with Crippen LogP contribution in [-0.4, -0.2) is 30.5 Å². The molecule has 1 atom stereocenters. The van der Waals surface area contributed by atoms with E-state index in [1.807, 2.05) is 6.08 Å². The summed E-state index contributed by atoms with van der Waals surface area (Å²) in [5.74, 6) is -1.43. The van der Waals surface area contributed by atoms with Gasteiger partial charge in [-0.1, -0.05) is 23.8 Å². The summed E-state index contributed by atoms with van der Waals surface area (Å²) in [4.78, 5) is 20.7. The molecule has 9 heteroatoms. The Labute approximate surface area is 132 Å². The zero-order valence-electron chi connectivity index (χ0n) is 12.0. The van der Waals surface area contributed by atoms with Gasteiger partial charge >= 0.3 is 16.1 Å². The number of para-hydroxylation sites is 1. The quantitative estimate of drug-likeness (QED) is 0.349. The smallest absolute Gasteiger partial charge is 0.334 e. The van der Waals surface area contributed by atoms with Crippen molar-refractivity contribution in [2.24, 2.45) is 0 Å². The van der Waals surface area contributed by atoms with Crippen molar-refractivity contribution in [1.29, 1.82) is 0 Å². The minimum absolute atomic E-state index is 0.0603. The zero-order chi connectivity index (χ0) is 17.0. The summed E-state index contributed by atoms with van der Waals surface area (Å²) in [5, 5.41) is 20.1. The van der Waals surface area contributed by atoms with Crippen LogP contribution in [0.25, 0.3) is 0 Å². The van der Waals surface area contributed by atoms with E-state index in [2.05, 4.69) is 0 Å². The lowest BCUT2D eigenvalue weighted by atomic mass is 10.1. The van der Waals surface area contributed by atoms with Gasteiger partial charge in [-0.15, -0.1) is 0 Å². The molecule has 0 saturated heterocycles. The molecule has 0 heterocycles. The molecule has 1 aromatic carbocycles. The van der Waals surface area contributed by atoms with Crippen LogP contribution in [0.2, 0.25) is 0 Å². The Bertz CT molecular complexity index is 754. The number of allylic oxidation sites excluding steroid dienone is 1. The number of rotatable bonds is 7. The summed E-state index contributed by atoms with van der Waals surface area (Å²) < 4.78 is 29.2. The van der Waals surface area contributed by atoms with Gasteiger partial charge in [-0.25, -0.2) is 4.79 Å². The fourth-order valence-electron chi connectivity index (χ4n) is 2.35. The summed E-state index contributed by atoms with van der Waals surface area (Å²) in [5.41, 5.74) is 0.159. The molecule has 124 valence electrons. The van der Waals surface area contributed by atoms with E-state index >= 15 is 0 Å². The van der Waals surface area contributed by atoms with Gasteiger partial charge in [-0.05, 0) is 25.3 Å². The molecule has 0 saturated carbocycles. The van der Waals surface area contributed by atoms with Crippen molar-refractivity contribution in [1.82, 2.24) is 0 Å². The van der Waals surface area contributed by atoms with E-state index in [9.17, 15) is 28.4 Å². The number of hydrogen-bond donors (Lipinski definition) is 1. The molecule has 0 radical (unpaired) electrons. The summed E-state index contributed by atoms with van der Waals surface area (Å²) in [6.45, 7) is 0. The minimum Gasteiger partial charge on any atom is -0.479 e. The maximum atomic E-state index is 12.2. The van der Waals surface area contributed by atoms with Crippen molar-refractivity contribution in [3.05, 3.63) is 46.0 Å². The standard InChI is InChI=1S/C14H15NO7S/c16-14(17)12(9-10-5-1-2-6-10)22-23(20,21)13-8-4-3-7-11(13)15(18)19/h3-5,7-8,12H,1-2,6,9H2,(H,16,17)/t12-/m1/s1. The van der Waals surface area contributed by atoms with Gasteiger partial charge in [0.15, 0.2) is 11.0 Å². The van der Waals surface area contributed by atoms with Gasteiger partial charge in [0.25, 0.3) is 5.69 Å². The summed E-state index contributed by atoms with van der Waals surface area (Å²) in [7, 11) is -4.57. The molecule has 0 aromatic heterocycles. The van der Waals surface area contributed by atoms with Crippen LogP contribution < -0.4 is 0 Å². The summed E-state index contributed by atoms with van der Waals surface area (Å²) in [6.07, 6.45) is 2.59. The first-order valence-corrected chi connectivity index (χ1v) is 8.29. The predicted octanol–water partition coefficient (Wildman–Crippen LogP) is 2.25. The number of benzene rings is 1. The van der Waals surface area contributed by atoms with Crippen LogP contribution in [0.1, 0.15) is 25.7 Å². The summed E-state index contributed by atoms with van der Waals surface area (Å²) in [6, 6.07) is 4.65. The highest BCUT2D eigenvalue weighted by molar-refractivity contribution is 7.87. The van der Waals surface area contributed by atoms with Crippen LogP contribution >= 0.6 is 0 Å². The van der Waals surface area contributed by atoms with Crippen LogP contribution in [0.4, 0.5) is 5.69 Å². The number of nitro groups is 1. The summed E-state index contributed by atoms with van der Waals surface area (Å²) >= 11 is 0. The monoisotopic (exact) mass is 341 g/mol. The molecule has 0 spiro atoms. The van der Waals surface area contributed by atoms with E-state index in [-0.39, 0.29) is 6.42 Å².